The fourth-order valence-corrected chi connectivity index (χ4v) is 1.77. The first-order valence-electron chi connectivity index (χ1n) is 7.29. The molecule has 0 bridgehead atoms. The molecule has 1 aromatic rings. The first kappa shape index (κ1) is 18.8. The van der Waals surface area contributed by atoms with Crippen molar-refractivity contribution in [3.63, 3.8) is 0 Å². The zero-order chi connectivity index (χ0) is 17.1. The summed E-state index contributed by atoms with van der Waals surface area (Å²) in [5.41, 5.74) is -0.199. The summed E-state index contributed by atoms with van der Waals surface area (Å²) in [4.78, 5) is 3.86. The highest BCUT2D eigenvalue weighted by atomic mass is 19.3. The zero-order valence-corrected chi connectivity index (χ0v) is 14.0. The largest absolute Gasteiger partial charge is 0.426 e. The Morgan fingerprint density at radius 3 is 2.36 bits per heavy atom. The van der Waals surface area contributed by atoms with E-state index in [4.69, 9.17) is 4.65 Å². The fourth-order valence-electron chi connectivity index (χ4n) is 1.77. The van der Waals surface area contributed by atoms with Gasteiger partial charge in [-0.1, -0.05) is 27.6 Å². The lowest BCUT2D eigenvalue weighted by molar-refractivity contribution is 0.000451. The smallest absolute Gasteiger partial charge is 0.327 e. The van der Waals surface area contributed by atoms with Gasteiger partial charge in [-0.15, -0.1) is 0 Å². The lowest BCUT2D eigenvalue weighted by atomic mass is 9.61. The van der Waals surface area contributed by atoms with E-state index in [-0.39, 0.29) is 11.2 Å². The minimum atomic E-state index is -2.51. The highest BCUT2D eigenvalue weighted by Gasteiger charge is 2.36. The molecule has 0 fully saturated rings. The number of nitrogens with one attached hydrogen (secondary N) is 1. The van der Waals surface area contributed by atoms with Gasteiger partial charge in [0.25, 0.3) is 6.43 Å². The summed E-state index contributed by atoms with van der Waals surface area (Å²) in [6.45, 7) is 10.7. The molecule has 0 aliphatic carbocycles. The number of pyridine rings is 1. The molecule has 3 nitrogen and oxygen atoms in total. The molecule has 0 amide bonds. The number of hydrogen-bond donors (Lipinski definition) is 1. The quantitative estimate of drug-likeness (QED) is 0.815. The second kappa shape index (κ2) is 6.90. The molecule has 0 saturated carbocycles. The molecule has 0 aliphatic rings. The molecule has 0 radical (unpaired) electrons. The van der Waals surface area contributed by atoms with Gasteiger partial charge in [0.1, 0.15) is 11.6 Å². The van der Waals surface area contributed by atoms with Crippen LogP contribution in [-0.2, 0) is 4.65 Å². The maximum absolute atomic E-state index is 13.5. The van der Waals surface area contributed by atoms with Crippen LogP contribution in [-0.4, -0.2) is 30.5 Å². The summed E-state index contributed by atoms with van der Waals surface area (Å²) in [7, 11) is 0. The van der Waals surface area contributed by atoms with Crippen molar-refractivity contribution in [1.82, 2.24) is 4.98 Å². The highest BCUT2D eigenvalue weighted by molar-refractivity contribution is 6.67. The van der Waals surface area contributed by atoms with Crippen molar-refractivity contribution < 1.29 is 17.8 Å². The molecule has 0 spiro atoms. The summed E-state index contributed by atoms with van der Waals surface area (Å²) >= 11 is 0. The van der Waals surface area contributed by atoms with E-state index in [0.717, 1.165) is 6.20 Å². The molecular weight excluding hydrogens is 292 g/mol. The molecule has 0 aliphatic heterocycles. The number of rotatable bonds is 6. The predicted molar refractivity (Wildman–Crippen MR) is 84.6 cm³/mol. The standard InChI is InChI=1S/C15H24BF3N2O/c1-14(2,3)15(4,5)22-16(6)11-7-10(17)8-20-13(11)21-9-12(18)19/h7-8,12H,9H2,1-6H3,(H,20,21). The number of alkyl halides is 2. The van der Waals surface area contributed by atoms with Crippen molar-refractivity contribution in [3.05, 3.63) is 18.1 Å². The van der Waals surface area contributed by atoms with Crippen LogP contribution in [0.15, 0.2) is 12.3 Å². The highest BCUT2D eigenvalue weighted by Crippen LogP contribution is 2.33. The Bertz CT molecular complexity index is 504. The second-order valence-electron chi connectivity index (χ2n) is 6.88. The second-order valence-corrected chi connectivity index (χ2v) is 6.88. The monoisotopic (exact) mass is 316 g/mol. The third kappa shape index (κ3) is 4.90. The Morgan fingerprint density at radius 1 is 1.27 bits per heavy atom. The van der Waals surface area contributed by atoms with Gasteiger partial charge in [0.2, 0.25) is 0 Å². The Morgan fingerprint density at radius 2 is 1.86 bits per heavy atom. The Labute approximate surface area is 130 Å². The topological polar surface area (TPSA) is 34.1 Å². The molecule has 1 N–H and O–H groups in total. The van der Waals surface area contributed by atoms with Gasteiger partial charge < -0.3 is 9.97 Å². The van der Waals surface area contributed by atoms with E-state index in [9.17, 15) is 13.2 Å². The van der Waals surface area contributed by atoms with E-state index in [0.29, 0.717) is 5.46 Å². The van der Waals surface area contributed by atoms with Crippen LogP contribution in [0.1, 0.15) is 34.6 Å². The van der Waals surface area contributed by atoms with Gasteiger partial charge in [-0.25, -0.2) is 18.2 Å². The minimum Gasteiger partial charge on any atom is -0.426 e. The number of hydrogen-bond acceptors (Lipinski definition) is 3. The van der Waals surface area contributed by atoms with Gasteiger partial charge in [0, 0.05) is 0 Å². The Balaban J connectivity index is 3.01. The van der Waals surface area contributed by atoms with Gasteiger partial charge >= 0.3 is 6.92 Å². The van der Waals surface area contributed by atoms with Crippen molar-refractivity contribution in [2.24, 2.45) is 5.41 Å². The Hall–Kier alpha value is -1.24. The molecule has 0 atom stereocenters. The van der Waals surface area contributed by atoms with Crippen molar-refractivity contribution in [1.29, 1.82) is 0 Å². The molecule has 1 aromatic heterocycles. The molecule has 0 unspecified atom stereocenters. The van der Waals surface area contributed by atoms with E-state index < -0.39 is 31.3 Å². The molecule has 0 saturated heterocycles. The van der Waals surface area contributed by atoms with Gasteiger partial charge in [-0.05, 0) is 30.8 Å². The molecular formula is C15H24BF3N2O. The molecule has 7 heteroatoms. The van der Waals surface area contributed by atoms with E-state index in [2.05, 4.69) is 10.3 Å². The third-order valence-corrected chi connectivity index (χ3v) is 4.02. The van der Waals surface area contributed by atoms with E-state index in [1.165, 1.54) is 6.07 Å². The summed E-state index contributed by atoms with van der Waals surface area (Å²) in [6.07, 6.45) is -1.51. The van der Waals surface area contributed by atoms with Gasteiger partial charge in [0.15, 0.2) is 0 Å². The zero-order valence-electron chi connectivity index (χ0n) is 14.0. The van der Waals surface area contributed by atoms with Gasteiger partial charge in [-0.2, -0.15) is 0 Å². The van der Waals surface area contributed by atoms with Gasteiger partial charge in [-0.3, -0.25) is 0 Å². The summed E-state index contributed by atoms with van der Waals surface area (Å²) in [6, 6.07) is 1.27. The van der Waals surface area contributed by atoms with Crippen LogP contribution in [0, 0.1) is 11.2 Å². The minimum absolute atomic E-state index is 0.140. The van der Waals surface area contributed by atoms with Crippen LogP contribution in [0.2, 0.25) is 6.82 Å². The third-order valence-electron chi connectivity index (χ3n) is 4.02. The normalized spacial score (nSPS) is 12.6. The number of halogens is 3. The van der Waals surface area contributed by atoms with Gasteiger partial charge in [0.05, 0.1) is 18.3 Å². The average Bonchev–Trinajstić information content (AvgIpc) is 2.35. The Kier molecular flexibility index (Phi) is 5.90. The summed E-state index contributed by atoms with van der Waals surface area (Å²) < 4.78 is 44.3. The van der Waals surface area contributed by atoms with Crippen LogP contribution >= 0.6 is 0 Å². The van der Waals surface area contributed by atoms with Crippen LogP contribution < -0.4 is 10.8 Å². The fraction of sp³-hybridized carbons (Fsp3) is 0.667. The van der Waals surface area contributed by atoms with Crippen molar-refractivity contribution in [2.75, 3.05) is 11.9 Å². The molecule has 0 aromatic carbocycles. The summed E-state index contributed by atoms with van der Waals surface area (Å²) in [5, 5.41) is 2.54. The first-order chi connectivity index (χ1) is 9.94. The predicted octanol–water partition coefficient (Wildman–Crippen LogP) is 3.57. The number of anilines is 1. The van der Waals surface area contributed by atoms with Crippen molar-refractivity contribution >= 4 is 18.2 Å². The van der Waals surface area contributed by atoms with E-state index in [1.54, 1.807) is 6.82 Å². The van der Waals surface area contributed by atoms with Crippen molar-refractivity contribution in [3.8, 4) is 0 Å². The van der Waals surface area contributed by atoms with Crippen LogP contribution in [0.3, 0.4) is 0 Å². The maximum Gasteiger partial charge on any atom is 0.327 e. The molecule has 1 rings (SSSR count). The SMILES string of the molecule is CB(OC(C)(C)C(C)(C)C)c1cc(F)cnc1NCC(F)F. The molecule has 22 heavy (non-hydrogen) atoms. The van der Waals surface area contributed by atoms with Crippen LogP contribution in [0.25, 0.3) is 0 Å². The number of nitrogens with zero attached hydrogens (tertiary/aromatic N) is 1. The van der Waals surface area contributed by atoms with E-state index in [1.807, 2.05) is 34.6 Å². The maximum atomic E-state index is 13.5. The summed E-state index contributed by atoms with van der Waals surface area (Å²) in [5.74, 6) is -0.305. The average molecular weight is 316 g/mol. The van der Waals surface area contributed by atoms with Crippen LogP contribution in [0.5, 0.6) is 0 Å². The van der Waals surface area contributed by atoms with Crippen molar-refractivity contribution in [2.45, 2.75) is 53.5 Å². The molecule has 1 heterocycles. The lowest BCUT2D eigenvalue weighted by Gasteiger charge is -2.41. The lowest BCUT2D eigenvalue weighted by Crippen LogP contribution is -2.47. The van der Waals surface area contributed by atoms with E-state index >= 15 is 0 Å². The first-order valence-corrected chi connectivity index (χ1v) is 7.29. The molecule has 124 valence electrons. The number of aromatic nitrogens is 1. The van der Waals surface area contributed by atoms with Crippen LogP contribution in [0.4, 0.5) is 19.0 Å².